The normalized spacial score (nSPS) is 13.9. The molecular weight excluding hydrogens is 238 g/mol. The molecule has 1 aliphatic heterocycles. The number of rotatable bonds is 3. The summed E-state index contributed by atoms with van der Waals surface area (Å²) >= 11 is 0. The smallest absolute Gasteiger partial charge is 0.159 e. The zero-order valence-electron chi connectivity index (χ0n) is 11.0. The molecular formula is C15H17N3O. The van der Waals surface area contributed by atoms with Crippen LogP contribution in [0.15, 0.2) is 30.5 Å². The molecule has 1 aromatic heterocycles. The lowest BCUT2D eigenvalue weighted by Crippen LogP contribution is -2.24. The van der Waals surface area contributed by atoms with Crippen molar-refractivity contribution in [1.82, 2.24) is 15.3 Å². The maximum Gasteiger partial charge on any atom is 0.159 e. The number of ether oxygens (including phenoxy) is 1. The van der Waals surface area contributed by atoms with Gasteiger partial charge in [-0.2, -0.15) is 0 Å². The first-order valence-corrected chi connectivity index (χ1v) is 6.65. The van der Waals surface area contributed by atoms with Crippen LogP contribution in [0, 0.1) is 0 Å². The Labute approximate surface area is 112 Å². The van der Waals surface area contributed by atoms with Crippen LogP contribution in [0.4, 0.5) is 0 Å². The highest BCUT2D eigenvalue weighted by atomic mass is 16.5. The Bertz CT molecular complexity index is 583. The van der Waals surface area contributed by atoms with E-state index in [2.05, 4.69) is 15.3 Å². The molecule has 1 N–H and O–H groups in total. The van der Waals surface area contributed by atoms with E-state index in [0.717, 1.165) is 42.3 Å². The highest BCUT2D eigenvalue weighted by Gasteiger charge is 2.12. The van der Waals surface area contributed by atoms with Crippen molar-refractivity contribution >= 4 is 0 Å². The van der Waals surface area contributed by atoms with Gasteiger partial charge in [0.15, 0.2) is 5.82 Å². The van der Waals surface area contributed by atoms with Gasteiger partial charge >= 0.3 is 0 Å². The minimum Gasteiger partial charge on any atom is -0.494 e. The third kappa shape index (κ3) is 2.58. The zero-order valence-corrected chi connectivity index (χ0v) is 11.0. The molecule has 0 atom stereocenters. The van der Waals surface area contributed by atoms with Gasteiger partial charge in [-0.15, -0.1) is 0 Å². The summed E-state index contributed by atoms with van der Waals surface area (Å²) in [7, 11) is 0. The molecule has 19 heavy (non-hydrogen) atoms. The number of aromatic nitrogens is 2. The van der Waals surface area contributed by atoms with Gasteiger partial charge in [0.1, 0.15) is 5.75 Å². The summed E-state index contributed by atoms with van der Waals surface area (Å²) in [6, 6.07) is 7.94. The monoisotopic (exact) mass is 255 g/mol. The van der Waals surface area contributed by atoms with Crippen LogP contribution in [0.2, 0.25) is 0 Å². The fourth-order valence-corrected chi connectivity index (χ4v) is 2.27. The fourth-order valence-electron chi connectivity index (χ4n) is 2.27. The number of hydrogen-bond acceptors (Lipinski definition) is 4. The second-order valence-corrected chi connectivity index (χ2v) is 4.55. The molecule has 0 saturated carbocycles. The van der Waals surface area contributed by atoms with Crippen LogP contribution >= 0.6 is 0 Å². The van der Waals surface area contributed by atoms with E-state index >= 15 is 0 Å². The molecule has 4 heteroatoms. The maximum atomic E-state index is 5.52. The Hall–Kier alpha value is -1.94. The van der Waals surface area contributed by atoms with Crippen molar-refractivity contribution in [1.29, 1.82) is 0 Å². The lowest BCUT2D eigenvalue weighted by molar-refractivity contribution is 0.340. The van der Waals surface area contributed by atoms with Crippen LogP contribution in [-0.4, -0.2) is 23.1 Å². The summed E-state index contributed by atoms with van der Waals surface area (Å²) in [6.07, 6.45) is 2.90. The van der Waals surface area contributed by atoms with Crippen molar-refractivity contribution in [2.24, 2.45) is 0 Å². The van der Waals surface area contributed by atoms with Gasteiger partial charge < -0.3 is 10.1 Å². The Morgan fingerprint density at radius 1 is 1.37 bits per heavy atom. The van der Waals surface area contributed by atoms with Crippen molar-refractivity contribution in [3.8, 4) is 17.1 Å². The second kappa shape index (κ2) is 5.36. The first kappa shape index (κ1) is 12.1. The summed E-state index contributed by atoms with van der Waals surface area (Å²) in [5.41, 5.74) is 3.37. The first-order valence-electron chi connectivity index (χ1n) is 6.65. The van der Waals surface area contributed by atoms with Crippen molar-refractivity contribution in [2.45, 2.75) is 19.9 Å². The summed E-state index contributed by atoms with van der Waals surface area (Å²) < 4.78 is 5.52. The highest BCUT2D eigenvalue weighted by Crippen LogP contribution is 2.22. The standard InChI is InChI=1S/C15H17N3O/c1-2-19-13-5-3-4-11(8-13)15-17-10-12-9-16-7-6-14(12)18-15/h3-5,8,10,16H,2,6-7,9H2,1H3. The van der Waals surface area contributed by atoms with E-state index in [4.69, 9.17) is 4.74 Å². The van der Waals surface area contributed by atoms with Gasteiger partial charge in [-0.25, -0.2) is 9.97 Å². The van der Waals surface area contributed by atoms with E-state index in [1.165, 1.54) is 5.56 Å². The topological polar surface area (TPSA) is 47.0 Å². The fraction of sp³-hybridized carbons (Fsp3) is 0.333. The molecule has 0 radical (unpaired) electrons. The number of benzene rings is 1. The Kier molecular flexibility index (Phi) is 3.42. The molecule has 1 aliphatic rings. The molecule has 2 heterocycles. The van der Waals surface area contributed by atoms with Gasteiger partial charge in [0.05, 0.1) is 12.3 Å². The van der Waals surface area contributed by atoms with E-state index in [1.807, 2.05) is 37.4 Å². The summed E-state index contributed by atoms with van der Waals surface area (Å²) in [6.45, 7) is 4.51. The van der Waals surface area contributed by atoms with Gasteiger partial charge in [-0.3, -0.25) is 0 Å². The SMILES string of the molecule is CCOc1cccc(-c2ncc3c(n2)CCNC3)c1. The molecule has 1 aromatic carbocycles. The second-order valence-electron chi connectivity index (χ2n) is 4.55. The number of nitrogens with one attached hydrogen (secondary N) is 1. The first-order chi connectivity index (χ1) is 9.36. The number of nitrogens with zero attached hydrogens (tertiary/aromatic N) is 2. The number of fused-ring (bicyclic) bond motifs is 1. The minimum absolute atomic E-state index is 0.667. The average molecular weight is 255 g/mol. The molecule has 4 nitrogen and oxygen atoms in total. The molecule has 98 valence electrons. The Morgan fingerprint density at radius 3 is 3.21 bits per heavy atom. The predicted octanol–water partition coefficient (Wildman–Crippen LogP) is 2.19. The van der Waals surface area contributed by atoms with Crippen LogP contribution in [0.5, 0.6) is 5.75 Å². The van der Waals surface area contributed by atoms with Crippen LogP contribution in [0.3, 0.4) is 0 Å². The maximum absolute atomic E-state index is 5.52. The Morgan fingerprint density at radius 2 is 2.32 bits per heavy atom. The van der Waals surface area contributed by atoms with E-state index in [-0.39, 0.29) is 0 Å². The van der Waals surface area contributed by atoms with E-state index in [1.54, 1.807) is 0 Å². The van der Waals surface area contributed by atoms with Gasteiger partial charge in [0.25, 0.3) is 0 Å². The van der Waals surface area contributed by atoms with Crippen LogP contribution in [0.1, 0.15) is 18.2 Å². The van der Waals surface area contributed by atoms with Crippen LogP contribution < -0.4 is 10.1 Å². The van der Waals surface area contributed by atoms with Gasteiger partial charge in [-0.1, -0.05) is 12.1 Å². The molecule has 0 bridgehead atoms. The summed E-state index contributed by atoms with van der Waals surface area (Å²) in [5, 5.41) is 3.33. The molecule has 0 amide bonds. The minimum atomic E-state index is 0.667. The van der Waals surface area contributed by atoms with Crippen molar-refractivity contribution in [3.63, 3.8) is 0 Å². The third-order valence-corrected chi connectivity index (χ3v) is 3.21. The summed E-state index contributed by atoms with van der Waals surface area (Å²) in [4.78, 5) is 9.13. The third-order valence-electron chi connectivity index (χ3n) is 3.21. The quantitative estimate of drug-likeness (QED) is 0.913. The zero-order chi connectivity index (χ0) is 13.1. The van der Waals surface area contributed by atoms with Crippen molar-refractivity contribution in [3.05, 3.63) is 41.7 Å². The van der Waals surface area contributed by atoms with Crippen molar-refractivity contribution in [2.75, 3.05) is 13.2 Å². The Balaban J connectivity index is 1.95. The van der Waals surface area contributed by atoms with Gasteiger partial charge in [0, 0.05) is 36.8 Å². The van der Waals surface area contributed by atoms with E-state index in [9.17, 15) is 0 Å². The molecule has 0 spiro atoms. The summed E-state index contributed by atoms with van der Waals surface area (Å²) in [5.74, 6) is 1.64. The molecule has 0 fully saturated rings. The van der Waals surface area contributed by atoms with Crippen LogP contribution in [0.25, 0.3) is 11.4 Å². The average Bonchev–Trinajstić information content (AvgIpc) is 2.47. The molecule has 2 aromatic rings. The molecule has 3 rings (SSSR count). The van der Waals surface area contributed by atoms with Gasteiger partial charge in [0.2, 0.25) is 0 Å². The molecule has 0 saturated heterocycles. The number of hydrogen-bond donors (Lipinski definition) is 1. The lowest BCUT2D eigenvalue weighted by Gasteiger charge is -2.16. The molecule has 0 aliphatic carbocycles. The van der Waals surface area contributed by atoms with Crippen molar-refractivity contribution < 1.29 is 4.74 Å². The molecule has 0 unspecified atom stereocenters. The highest BCUT2D eigenvalue weighted by molar-refractivity contribution is 5.57. The predicted molar refractivity (Wildman–Crippen MR) is 74.0 cm³/mol. The van der Waals surface area contributed by atoms with E-state index in [0.29, 0.717) is 6.61 Å². The van der Waals surface area contributed by atoms with Gasteiger partial charge in [-0.05, 0) is 19.1 Å². The largest absolute Gasteiger partial charge is 0.494 e. The lowest BCUT2D eigenvalue weighted by atomic mass is 10.1. The van der Waals surface area contributed by atoms with Crippen LogP contribution in [-0.2, 0) is 13.0 Å². The van der Waals surface area contributed by atoms with E-state index < -0.39 is 0 Å².